The molecule has 3 N–H and O–H groups in total. The van der Waals surface area contributed by atoms with Gasteiger partial charge in [-0.2, -0.15) is 0 Å². The Bertz CT molecular complexity index is 688. The zero-order chi connectivity index (χ0) is 14.7. The van der Waals surface area contributed by atoms with E-state index in [-0.39, 0.29) is 5.69 Å². The van der Waals surface area contributed by atoms with Gasteiger partial charge in [-0.25, -0.2) is 14.2 Å². The van der Waals surface area contributed by atoms with Gasteiger partial charge >= 0.3 is 5.97 Å². The summed E-state index contributed by atoms with van der Waals surface area (Å²) in [5, 5.41) is 20.5. The van der Waals surface area contributed by atoms with E-state index >= 15 is 0 Å². The molecule has 0 aliphatic heterocycles. The van der Waals surface area contributed by atoms with E-state index in [0.717, 1.165) is 12.1 Å². The third-order valence-electron chi connectivity index (χ3n) is 2.48. The summed E-state index contributed by atoms with van der Waals surface area (Å²) >= 11 is 0. The molecule has 0 saturated heterocycles. The number of nitrogens with zero attached hydrogens (tertiary/aromatic N) is 1. The van der Waals surface area contributed by atoms with Gasteiger partial charge in [0.2, 0.25) is 0 Å². The molecule has 0 unspecified atom stereocenters. The number of carboxylic acid groups (broad SMARTS) is 1. The second kappa shape index (κ2) is 5.35. The summed E-state index contributed by atoms with van der Waals surface area (Å²) in [6.45, 7) is 0. The second-order valence-corrected chi connectivity index (χ2v) is 3.79. The Morgan fingerprint density at radius 1 is 1.20 bits per heavy atom. The number of para-hydroxylation sites is 1. The average molecular weight is 276 g/mol. The molecule has 2 rings (SSSR count). The molecule has 0 bridgehead atoms. The van der Waals surface area contributed by atoms with E-state index in [2.05, 4.69) is 10.3 Å². The minimum Gasteiger partial charge on any atom is -0.505 e. The molecule has 0 aliphatic rings. The summed E-state index contributed by atoms with van der Waals surface area (Å²) in [4.78, 5) is 26.5. The number of aromatic hydroxyl groups is 1. The first-order valence-corrected chi connectivity index (χ1v) is 5.48. The first kappa shape index (κ1) is 13.5. The lowest BCUT2D eigenvalue weighted by Crippen LogP contribution is -2.17. The first-order valence-electron chi connectivity index (χ1n) is 5.48. The number of amides is 1. The largest absolute Gasteiger partial charge is 0.505 e. The number of hydrogen-bond donors (Lipinski definition) is 3. The quantitative estimate of drug-likeness (QED) is 0.794. The maximum atomic E-state index is 13.6. The van der Waals surface area contributed by atoms with Crippen molar-refractivity contribution in [1.29, 1.82) is 0 Å². The van der Waals surface area contributed by atoms with Crippen LogP contribution in [-0.2, 0) is 0 Å². The Kier molecular flexibility index (Phi) is 3.60. The van der Waals surface area contributed by atoms with Gasteiger partial charge in [-0.05, 0) is 24.3 Å². The number of halogens is 1. The van der Waals surface area contributed by atoms with E-state index in [1.165, 1.54) is 24.4 Å². The molecule has 2 aromatic rings. The Balaban J connectivity index is 2.38. The van der Waals surface area contributed by atoms with Crippen molar-refractivity contribution in [2.75, 3.05) is 5.32 Å². The maximum Gasteiger partial charge on any atom is 0.337 e. The van der Waals surface area contributed by atoms with E-state index in [9.17, 15) is 19.1 Å². The fourth-order valence-corrected chi connectivity index (χ4v) is 1.57. The Morgan fingerprint density at radius 2 is 1.95 bits per heavy atom. The van der Waals surface area contributed by atoms with E-state index in [4.69, 9.17) is 5.11 Å². The Hall–Kier alpha value is -2.96. The van der Waals surface area contributed by atoms with Crippen molar-refractivity contribution in [1.82, 2.24) is 4.98 Å². The highest BCUT2D eigenvalue weighted by atomic mass is 19.1. The lowest BCUT2D eigenvalue weighted by Gasteiger charge is -2.09. The molecule has 102 valence electrons. The number of hydrogen-bond acceptors (Lipinski definition) is 4. The lowest BCUT2D eigenvalue weighted by molar-refractivity contribution is 0.0697. The van der Waals surface area contributed by atoms with Gasteiger partial charge in [0.05, 0.1) is 11.3 Å². The molecule has 20 heavy (non-hydrogen) atoms. The van der Waals surface area contributed by atoms with Crippen LogP contribution in [0, 0.1) is 5.82 Å². The number of anilines is 1. The number of pyridine rings is 1. The number of carboxylic acids is 1. The van der Waals surface area contributed by atoms with Crippen LogP contribution in [0.15, 0.2) is 36.5 Å². The highest BCUT2D eigenvalue weighted by Gasteiger charge is 2.19. The molecular weight excluding hydrogens is 267 g/mol. The average Bonchev–Trinajstić information content (AvgIpc) is 2.41. The van der Waals surface area contributed by atoms with Crippen LogP contribution in [0.1, 0.15) is 20.8 Å². The van der Waals surface area contributed by atoms with Gasteiger partial charge in [0.25, 0.3) is 5.91 Å². The van der Waals surface area contributed by atoms with Crippen LogP contribution in [0.2, 0.25) is 0 Å². The predicted molar refractivity (Wildman–Crippen MR) is 67.2 cm³/mol. The number of rotatable bonds is 3. The van der Waals surface area contributed by atoms with Crippen molar-refractivity contribution < 1.29 is 24.2 Å². The van der Waals surface area contributed by atoms with Gasteiger partial charge in [0.15, 0.2) is 5.69 Å². The molecular formula is C13H9FN2O4. The fourth-order valence-electron chi connectivity index (χ4n) is 1.57. The summed E-state index contributed by atoms with van der Waals surface area (Å²) in [6, 6.07) is 6.03. The Labute approximate surface area is 112 Å². The zero-order valence-electron chi connectivity index (χ0n) is 10.0. The summed E-state index contributed by atoms with van der Waals surface area (Å²) in [5.74, 6) is -3.58. The number of aromatic carboxylic acids is 1. The van der Waals surface area contributed by atoms with Crippen molar-refractivity contribution in [3.63, 3.8) is 0 Å². The van der Waals surface area contributed by atoms with Crippen molar-refractivity contribution >= 4 is 17.6 Å². The van der Waals surface area contributed by atoms with Gasteiger partial charge in [0.1, 0.15) is 11.6 Å². The lowest BCUT2D eigenvalue weighted by atomic mass is 10.1. The normalized spacial score (nSPS) is 10.1. The first-order chi connectivity index (χ1) is 9.50. The summed E-state index contributed by atoms with van der Waals surface area (Å²) in [7, 11) is 0. The molecule has 7 heteroatoms. The molecule has 0 saturated carbocycles. The summed E-state index contributed by atoms with van der Waals surface area (Å²) < 4.78 is 13.6. The zero-order valence-corrected chi connectivity index (χ0v) is 10.0. The minimum atomic E-state index is -1.38. The van der Waals surface area contributed by atoms with Crippen LogP contribution in [0.4, 0.5) is 10.1 Å². The van der Waals surface area contributed by atoms with Crippen LogP contribution in [-0.4, -0.2) is 27.1 Å². The molecule has 0 atom stereocenters. The molecule has 1 aromatic heterocycles. The number of benzene rings is 1. The minimum absolute atomic E-state index is 0.327. The molecule has 1 aromatic carbocycles. The summed E-state index contributed by atoms with van der Waals surface area (Å²) in [5.41, 5.74) is -1.20. The van der Waals surface area contributed by atoms with E-state index in [0.29, 0.717) is 0 Å². The van der Waals surface area contributed by atoms with Crippen molar-refractivity contribution in [2.24, 2.45) is 0 Å². The SMILES string of the molecule is O=C(O)c1cccc(F)c1NC(=O)c1ncccc1O. The maximum absolute atomic E-state index is 13.6. The van der Waals surface area contributed by atoms with Crippen molar-refractivity contribution in [3.05, 3.63) is 53.6 Å². The molecule has 0 spiro atoms. The molecule has 0 radical (unpaired) electrons. The van der Waals surface area contributed by atoms with Crippen LogP contribution in [0.25, 0.3) is 0 Å². The topological polar surface area (TPSA) is 99.5 Å². The molecule has 6 nitrogen and oxygen atoms in total. The standard InChI is InChI=1S/C13H9FN2O4/c14-8-4-1-3-7(13(19)20)10(8)16-12(18)11-9(17)5-2-6-15-11/h1-6,17H,(H,16,18)(H,19,20). The van der Waals surface area contributed by atoms with Gasteiger partial charge in [-0.3, -0.25) is 4.79 Å². The number of carbonyl (C=O) groups is 2. The van der Waals surface area contributed by atoms with Gasteiger partial charge in [-0.1, -0.05) is 6.07 Å². The number of carbonyl (C=O) groups excluding carboxylic acids is 1. The number of nitrogens with one attached hydrogen (secondary N) is 1. The molecule has 0 fully saturated rings. The number of aromatic nitrogens is 1. The highest BCUT2D eigenvalue weighted by molar-refractivity contribution is 6.08. The van der Waals surface area contributed by atoms with Crippen LogP contribution < -0.4 is 5.32 Å². The van der Waals surface area contributed by atoms with E-state index in [1.807, 2.05) is 0 Å². The highest BCUT2D eigenvalue weighted by Crippen LogP contribution is 2.22. The van der Waals surface area contributed by atoms with Gasteiger partial charge in [-0.15, -0.1) is 0 Å². The van der Waals surface area contributed by atoms with Crippen molar-refractivity contribution in [3.8, 4) is 5.75 Å². The Morgan fingerprint density at radius 3 is 2.60 bits per heavy atom. The molecule has 1 amide bonds. The van der Waals surface area contributed by atoms with Crippen LogP contribution in [0.5, 0.6) is 5.75 Å². The monoisotopic (exact) mass is 276 g/mol. The van der Waals surface area contributed by atoms with Gasteiger partial charge < -0.3 is 15.5 Å². The molecule has 0 aliphatic carbocycles. The van der Waals surface area contributed by atoms with Crippen molar-refractivity contribution in [2.45, 2.75) is 0 Å². The van der Waals surface area contributed by atoms with Gasteiger partial charge in [0, 0.05) is 6.20 Å². The summed E-state index contributed by atoms with van der Waals surface area (Å²) in [6.07, 6.45) is 1.27. The smallest absolute Gasteiger partial charge is 0.337 e. The second-order valence-electron chi connectivity index (χ2n) is 3.79. The van der Waals surface area contributed by atoms with E-state index < -0.39 is 34.7 Å². The van der Waals surface area contributed by atoms with Crippen LogP contribution in [0.3, 0.4) is 0 Å². The fraction of sp³-hybridized carbons (Fsp3) is 0. The third kappa shape index (κ3) is 2.56. The van der Waals surface area contributed by atoms with E-state index in [1.54, 1.807) is 0 Å². The van der Waals surface area contributed by atoms with Crippen LogP contribution >= 0.6 is 0 Å². The predicted octanol–water partition coefficient (Wildman–Crippen LogP) is 1.88. The third-order valence-corrected chi connectivity index (χ3v) is 2.48. The molecule has 1 heterocycles.